The third kappa shape index (κ3) is 4.60. The lowest BCUT2D eigenvalue weighted by molar-refractivity contribution is -0.116. The number of amides is 1. The fourth-order valence-electron chi connectivity index (χ4n) is 2.42. The van der Waals surface area contributed by atoms with Crippen LogP contribution in [0.5, 0.6) is 0 Å². The minimum atomic E-state index is -0.359. The molecule has 0 fully saturated rings. The van der Waals surface area contributed by atoms with Gasteiger partial charge in [0.05, 0.1) is 5.69 Å². The molecule has 1 aromatic carbocycles. The Morgan fingerprint density at radius 1 is 1.12 bits per heavy atom. The van der Waals surface area contributed by atoms with Crippen LogP contribution in [0.15, 0.2) is 65.7 Å². The average Bonchev–Trinajstić information content (AvgIpc) is 2.66. The highest BCUT2D eigenvalue weighted by Crippen LogP contribution is 2.13. The van der Waals surface area contributed by atoms with Gasteiger partial charge in [0.1, 0.15) is 5.82 Å². The minimum Gasteiger partial charge on any atom is -0.326 e. The molecule has 0 aliphatic heterocycles. The summed E-state index contributed by atoms with van der Waals surface area (Å²) in [6.45, 7) is 0.323. The van der Waals surface area contributed by atoms with Crippen molar-refractivity contribution in [2.75, 3.05) is 5.32 Å². The molecule has 0 radical (unpaired) electrons. The first-order valence-electron chi connectivity index (χ1n) is 8.16. The van der Waals surface area contributed by atoms with Gasteiger partial charge in [-0.1, -0.05) is 0 Å². The summed E-state index contributed by atoms with van der Waals surface area (Å²) < 4.78 is 14.2. The Morgan fingerprint density at radius 2 is 1.92 bits per heavy atom. The first-order chi connectivity index (χ1) is 12.6. The predicted octanol–water partition coefficient (Wildman–Crippen LogP) is 2.86. The molecule has 2 aromatic heterocycles. The summed E-state index contributed by atoms with van der Waals surface area (Å²) in [5.41, 5.74) is 1.77. The lowest BCUT2D eigenvalue weighted by atomic mass is 10.2. The zero-order valence-corrected chi connectivity index (χ0v) is 13.9. The van der Waals surface area contributed by atoms with Gasteiger partial charge in [-0.3, -0.25) is 14.6 Å². The van der Waals surface area contributed by atoms with Crippen molar-refractivity contribution in [3.63, 3.8) is 0 Å². The molecule has 0 spiro atoms. The van der Waals surface area contributed by atoms with Crippen molar-refractivity contribution in [2.45, 2.75) is 19.4 Å². The van der Waals surface area contributed by atoms with E-state index in [0.717, 1.165) is 5.56 Å². The van der Waals surface area contributed by atoms with Crippen molar-refractivity contribution in [3.8, 4) is 11.3 Å². The number of hydrogen-bond donors (Lipinski definition) is 1. The highest BCUT2D eigenvalue weighted by atomic mass is 19.1. The van der Waals surface area contributed by atoms with Crippen molar-refractivity contribution < 1.29 is 9.18 Å². The fraction of sp³-hybridized carbons (Fsp3) is 0.158. The number of benzene rings is 1. The SMILES string of the molecule is O=C(CCCn1nc(-c2cccnc2)ccc1=O)Nc1ccc(F)cc1. The molecule has 0 aliphatic rings. The molecular formula is C19H17FN4O2. The van der Waals surface area contributed by atoms with E-state index in [1.165, 1.54) is 35.0 Å². The molecule has 3 aromatic rings. The van der Waals surface area contributed by atoms with Crippen molar-refractivity contribution in [1.29, 1.82) is 0 Å². The zero-order valence-electron chi connectivity index (χ0n) is 13.9. The van der Waals surface area contributed by atoms with Crippen LogP contribution in [0, 0.1) is 5.82 Å². The first kappa shape index (κ1) is 17.5. The number of carbonyl (C=O) groups is 1. The molecule has 0 bridgehead atoms. The Bertz CT molecular complexity index is 940. The van der Waals surface area contributed by atoms with Crippen molar-refractivity contribution >= 4 is 11.6 Å². The van der Waals surface area contributed by atoms with Crippen LogP contribution in [-0.4, -0.2) is 20.7 Å². The van der Waals surface area contributed by atoms with Crippen molar-refractivity contribution in [3.05, 3.63) is 77.1 Å². The standard InChI is InChI=1S/C19H17FN4O2/c20-15-5-7-16(8-6-15)22-18(25)4-2-12-24-19(26)10-9-17(23-24)14-3-1-11-21-13-14/h1,3,5-11,13H,2,4,12H2,(H,22,25). The van der Waals surface area contributed by atoms with E-state index in [-0.39, 0.29) is 23.7 Å². The van der Waals surface area contributed by atoms with Crippen LogP contribution in [0.1, 0.15) is 12.8 Å². The van der Waals surface area contributed by atoms with Gasteiger partial charge in [0.25, 0.3) is 5.56 Å². The molecule has 3 rings (SSSR count). The van der Waals surface area contributed by atoms with Crippen molar-refractivity contribution in [2.24, 2.45) is 0 Å². The van der Waals surface area contributed by atoms with Gasteiger partial charge in [-0.25, -0.2) is 9.07 Å². The lowest BCUT2D eigenvalue weighted by Gasteiger charge is -2.08. The second-order valence-corrected chi connectivity index (χ2v) is 5.68. The van der Waals surface area contributed by atoms with E-state index in [1.54, 1.807) is 24.5 Å². The number of pyridine rings is 1. The Morgan fingerprint density at radius 3 is 2.65 bits per heavy atom. The van der Waals surface area contributed by atoms with E-state index in [1.807, 2.05) is 6.07 Å². The molecule has 0 unspecified atom stereocenters. The van der Waals surface area contributed by atoms with Gasteiger partial charge in [-0.2, -0.15) is 5.10 Å². The second kappa shape index (κ2) is 8.15. The largest absolute Gasteiger partial charge is 0.326 e. The molecule has 0 saturated carbocycles. The summed E-state index contributed by atoms with van der Waals surface area (Å²) in [7, 11) is 0. The molecule has 1 amide bonds. The summed E-state index contributed by atoms with van der Waals surface area (Å²) in [5, 5.41) is 7.01. The van der Waals surface area contributed by atoms with E-state index in [0.29, 0.717) is 24.3 Å². The van der Waals surface area contributed by atoms with Gasteiger partial charge in [-0.05, 0) is 48.9 Å². The number of rotatable bonds is 6. The summed E-state index contributed by atoms with van der Waals surface area (Å²) in [6, 6.07) is 12.3. The summed E-state index contributed by atoms with van der Waals surface area (Å²) in [6.07, 6.45) is 4.02. The van der Waals surface area contributed by atoms with Crippen LogP contribution >= 0.6 is 0 Å². The number of hydrogen-bond acceptors (Lipinski definition) is 4. The number of anilines is 1. The first-order valence-corrected chi connectivity index (χ1v) is 8.16. The molecule has 7 heteroatoms. The number of nitrogens with zero attached hydrogens (tertiary/aromatic N) is 3. The number of nitrogens with one attached hydrogen (secondary N) is 1. The smallest absolute Gasteiger partial charge is 0.266 e. The zero-order chi connectivity index (χ0) is 18.4. The van der Waals surface area contributed by atoms with Gasteiger partial charge in [0.15, 0.2) is 0 Å². The molecular weight excluding hydrogens is 335 g/mol. The van der Waals surface area contributed by atoms with Crippen LogP contribution in [-0.2, 0) is 11.3 Å². The monoisotopic (exact) mass is 352 g/mol. The Labute approximate surface area is 149 Å². The molecule has 1 N–H and O–H groups in total. The quantitative estimate of drug-likeness (QED) is 0.740. The minimum absolute atomic E-state index is 0.201. The number of carbonyl (C=O) groups excluding carboxylic acids is 1. The number of aryl methyl sites for hydroxylation is 1. The third-order valence-electron chi connectivity index (χ3n) is 3.73. The predicted molar refractivity (Wildman–Crippen MR) is 96.0 cm³/mol. The van der Waals surface area contributed by atoms with Crippen molar-refractivity contribution in [1.82, 2.24) is 14.8 Å². The normalized spacial score (nSPS) is 10.5. The highest BCUT2D eigenvalue weighted by molar-refractivity contribution is 5.90. The maximum Gasteiger partial charge on any atom is 0.266 e. The molecule has 26 heavy (non-hydrogen) atoms. The number of halogens is 1. The van der Waals surface area contributed by atoms with Gasteiger partial charge in [0.2, 0.25) is 5.91 Å². The third-order valence-corrected chi connectivity index (χ3v) is 3.73. The summed E-state index contributed by atoms with van der Waals surface area (Å²) >= 11 is 0. The van der Waals surface area contributed by atoms with Crippen LogP contribution in [0.2, 0.25) is 0 Å². The van der Waals surface area contributed by atoms with Gasteiger partial charge in [-0.15, -0.1) is 0 Å². The topological polar surface area (TPSA) is 76.9 Å². The number of aromatic nitrogens is 3. The van der Waals surface area contributed by atoms with E-state index in [2.05, 4.69) is 15.4 Å². The summed E-state index contributed by atoms with van der Waals surface area (Å²) in [5.74, 6) is -0.560. The van der Waals surface area contributed by atoms with Crippen LogP contribution in [0.25, 0.3) is 11.3 Å². The van der Waals surface area contributed by atoms with Gasteiger partial charge in [0, 0.05) is 42.7 Å². The van der Waals surface area contributed by atoms with Crippen LogP contribution in [0.3, 0.4) is 0 Å². The van der Waals surface area contributed by atoms with E-state index in [9.17, 15) is 14.0 Å². The maximum absolute atomic E-state index is 12.9. The van der Waals surface area contributed by atoms with E-state index < -0.39 is 0 Å². The van der Waals surface area contributed by atoms with Gasteiger partial charge >= 0.3 is 0 Å². The fourth-order valence-corrected chi connectivity index (χ4v) is 2.42. The Balaban J connectivity index is 1.58. The van der Waals surface area contributed by atoms with E-state index >= 15 is 0 Å². The Kier molecular flexibility index (Phi) is 5.48. The molecule has 0 atom stereocenters. The maximum atomic E-state index is 12.9. The highest BCUT2D eigenvalue weighted by Gasteiger charge is 2.06. The van der Waals surface area contributed by atoms with Crippen LogP contribution < -0.4 is 10.9 Å². The van der Waals surface area contributed by atoms with Crippen LogP contribution in [0.4, 0.5) is 10.1 Å². The Hall–Kier alpha value is -3.35. The molecule has 0 aliphatic carbocycles. The van der Waals surface area contributed by atoms with Gasteiger partial charge < -0.3 is 5.32 Å². The molecule has 6 nitrogen and oxygen atoms in total. The molecule has 2 heterocycles. The second-order valence-electron chi connectivity index (χ2n) is 5.68. The van der Waals surface area contributed by atoms with E-state index in [4.69, 9.17) is 0 Å². The summed E-state index contributed by atoms with van der Waals surface area (Å²) in [4.78, 5) is 27.9. The molecule has 132 valence electrons. The molecule has 0 saturated heterocycles. The average molecular weight is 352 g/mol. The lowest BCUT2D eigenvalue weighted by Crippen LogP contribution is -2.23.